The van der Waals surface area contributed by atoms with Gasteiger partial charge in [-0.1, -0.05) is 33.6 Å². The lowest BCUT2D eigenvalue weighted by Crippen LogP contribution is -2.26. The van der Waals surface area contributed by atoms with Gasteiger partial charge in [0.05, 0.1) is 12.5 Å². The van der Waals surface area contributed by atoms with Crippen molar-refractivity contribution in [1.82, 2.24) is 0 Å². The molecule has 0 saturated carbocycles. The number of carbonyl (C=O) groups is 1. The normalized spacial score (nSPS) is 12.7. The summed E-state index contributed by atoms with van der Waals surface area (Å²) in [6.45, 7) is 10.7. The van der Waals surface area contributed by atoms with Gasteiger partial charge in [0.15, 0.2) is 0 Å². The fourth-order valence-electron chi connectivity index (χ4n) is 1.56. The van der Waals surface area contributed by atoms with E-state index in [1.165, 1.54) is 20.0 Å². The van der Waals surface area contributed by atoms with E-state index >= 15 is 0 Å². The topological polar surface area (TPSA) is 26.3 Å². The average Bonchev–Trinajstić information content (AvgIpc) is 2.16. The molecule has 0 heterocycles. The van der Waals surface area contributed by atoms with E-state index in [0.29, 0.717) is 5.41 Å². The Bertz CT molecular complexity index is 205. The van der Waals surface area contributed by atoms with Gasteiger partial charge < -0.3 is 4.74 Å². The summed E-state index contributed by atoms with van der Waals surface area (Å²) in [5.74, 6) is -0.100. The fourth-order valence-corrected chi connectivity index (χ4v) is 1.56. The highest BCUT2D eigenvalue weighted by molar-refractivity contribution is 5.75. The molecule has 0 aliphatic rings. The molecule has 0 aromatic rings. The molecule has 15 heavy (non-hydrogen) atoms. The Morgan fingerprint density at radius 3 is 2.07 bits per heavy atom. The summed E-state index contributed by atoms with van der Waals surface area (Å²) >= 11 is 0. The van der Waals surface area contributed by atoms with Crippen LogP contribution >= 0.6 is 0 Å². The van der Waals surface area contributed by atoms with Crippen LogP contribution in [0.1, 0.15) is 60.3 Å². The molecular formula is C13H26O2. The van der Waals surface area contributed by atoms with Crippen LogP contribution in [0.15, 0.2) is 0 Å². The number of rotatable bonds is 6. The van der Waals surface area contributed by atoms with E-state index < -0.39 is 0 Å². The monoisotopic (exact) mass is 214 g/mol. The van der Waals surface area contributed by atoms with Crippen molar-refractivity contribution >= 4 is 5.97 Å². The molecule has 0 aliphatic heterocycles. The fraction of sp³-hybridized carbons (Fsp3) is 0.923. The second kappa shape index (κ2) is 5.53. The molecule has 0 aliphatic carbocycles. The van der Waals surface area contributed by atoms with Crippen molar-refractivity contribution in [3.8, 4) is 0 Å². The largest absolute Gasteiger partial charge is 0.469 e. The summed E-state index contributed by atoms with van der Waals surface area (Å²) in [6, 6.07) is 0. The molecule has 0 radical (unpaired) electrons. The molecule has 0 rings (SSSR count). The van der Waals surface area contributed by atoms with Crippen LogP contribution in [0.25, 0.3) is 0 Å². The third-order valence-electron chi connectivity index (χ3n) is 3.35. The van der Waals surface area contributed by atoms with Gasteiger partial charge in [-0.15, -0.1) is 0 Å². The van der Waals surface area contributed by atoms with E-state index in [9.17, 15) is 4.79 Å². The van der Waals surface area contributed by atoms with Crippen molar-refractivity contribution in [2.75, 3.05) is 7.11 Å². The average molecular weight is 214 g/mol. The van der Waals surface area contributed by atoms with Gasteiger partial charge in [-0.05, 0) is 32.1 Å². The highest BCUT2D eigenvalue weighted by Gasteiger charge is 2.28. The molecule has 0 N–H and O–H groups in total. The molecule has 2 nitrogen and oxygen atoms in total. The van der Waals surface area contributed by atoms with Crippen LogP contribution in [0.2, 0.25) is 0 Å². The summed E-state index contributed by atoms with van der Waals surface area (Å²) in [5, 5.41) is 0. The lowest BCUT2D eigenvalue weighted by atomic mass is 9.80. The lowest BCUT2D eigenvalue weighted by Gasteiger charge is -2.26. The molecule has 2 heteroatoms. The van der Waals surface area contributed by atoms with Gasteiger partial charge in [0.25, 0.3) is 0 Å². The molecule has 0 saturated heterocycles. The minimum atomic E-state index is -0.335. The Kier molecular flexibility index (Phi) is 5.33. The zero-order valence-electron chi connectivity index (χ0n) is 11.1. The molecule has 90 valence electrons. The van der Waals surface area contributed by atoms with Crippen molar-refractivity contribution in [1.29, 1.82) is 0 Å². The maximum Gasteiger partial charge on any atom is 0.311 e. The van der Waals surface area contributed by atoms with Crippen LogP contribution in [0, 0.1) is 10.8 Å². The number of methoxy groups -OCH3 is 1. The zero-order chi connectivity index (χ0) is 12.1. The zero-order valence-corrected chi connectivity index (χ0v) is 11.1. The maximum atomic E-state index is 11.4. The van der Waals surface area contributed by atoms with Crippen LogP contribution in [0.5, 0.6) is 0 Å². The number of hydrogen-bond acceptors (Lipinski definition) is 2. The number of carbonyl (C=O) groups excluding carboxylic acids is 1. The molecular weight excluding hydrogens is 188 g/mol. The van der Waals surface area contributed by atoms with Gasteiger partial charge in [-0.25, -0.2) is 0 Å². The molecule has 0 atom stereocenters. The number of hydrogen-bond donors (Lipinski definition) is 0. The Labute approximate surface area is 94.4 Å². The second-order valence-electron chi connectivity index (χ2n) is 5.75. The smallest absolute Gasteiger partial charge is 0.311 e. The van der Waals surface area contributed by atoms with E-state index in [2.05, 4.69) is 20.8 Å². The predicted octanol–water partition coefficient (Wildman–Crippen LogP) is 3.79. The van der Waals surface area contributed by atoms with Gasteiger partial charge in [0.2, 0.25) is 0 Å². The molecule has 0 aromatic heterocycles. The SMILES string of the molecule is CCC(C)(C)CCCC(C)(C)C(=O)OC. The first-order chi connectivity index (χ1) is 6.75. The second-order valence-corrected chi connectivity index (χ2v) is 5.75. The van der Waals surface area contributed by atoms with Crippen LogP contribution in [-0.2, 0) is 9.53 Å². The minimum absolute atomic E-state index is 0.100. The summed E-state index contributed by atoms with van der Waals surface area (Å²) in [7, 11) is 1.46. The molecule has 0 spiro atoms. The third kappa shape index (κ3) is 5.19. The van der Waals surface area contributed by atoms with Gasteiger partial charge in [0, 0.05) is 0 Å². The highest BCUT2D eigenvalue weighted by atomic mass is 16.5. The first kappa shape index (κ1) is 14.5. The van der Waals surface area contributed by atoms with Crippen molar-refractivity contribution in [2.24, 2.45) is 10.8 Å². The van der Waals surface area contributed by atoms with E-state index in [1.807, 2.05) is 13.8 Å². The molecule has 0 amide bonds. The molecule has 0 fully saturated rings. The van der Waals surface area contributed by atoms with Gasteiger partial charge >= 0.3 is 5.97 Å². The molecule has 0 aromatic carbocycles. The van der Waals surface area contributed by atoms with E-state index in [0.717, 1.165) is 12.8 Å². The van der Waals surface area contributed by atoms with Crippen LogP contribution in [-0.4, -0.2) is 13.1 Å². The standard InChI is InChI=1S/C13H26O2/c1-7-12(2,3)9-8-10-13(4,5)11(14)15-6/h7-10H2,1-6H3. The summed E-state index contributed by atoms with van der Waals surface area (Å²) in [5.41, 5.74) is 0.0603. The minimum Gasteiger partial charge on any atom is -0.469 e. The summed E-state index contributed by atoms with van der Waals surface area (Å²) in [4.78, 5) is 11.4. The van der Waals surface area contributed by atoms with E-state index in [-0.39, 0.29) is 11.4 Å². The Morgan fingerprint density at radius 1 is 1.13 bits per heavy atom. The van der Waals surface area contributed by atoms with Gasteiger partial charge in [-0.3, -0.25) is 4.79 Å². The number of ether oxygens (including phenoxy) is 1. The Hall–Kier alpha value is -0.530. The summed E-state index contributed by atoms with van der Waals surface area (Å²) in [6.07, 6.45) is 4.35. The van der Waals surface area contributed by atoms with Crippen molar-refractivity contribution in [3.05, 3.63) is 0 Å². The molecule has 0 unspecified atom stereocenters. The predicted molar refractivity (Wildman–Crippen MR) is 63.7 cm³/mol. The van der Waals surface area contributed by atoms with Crippen molar-refractivity contribution < 1.29 is 9.53 Å². The maximum absolute atomic E-state index is 11.4. The number of esters is 1. The summed E-state index contributed by atoms with van der Waals surface area (Å²) < 4.78 is 4.79. The van der Waals surface area contributed by atoms with Gasteiger partial charge in [-0.2, -0.15) is 0 Å². The van der Waals surface area contributed by atoms with Crippen molar-refractivity contribution in [2.45, 2.75) is 60.3 Å². The van der Waals surface area contributed by atoms with E-state index in [1.54, 1.807) is 0 Å². The van der Waals surface area contributed by atoms with Crippen molar-refractivity contribution in [3.63, 3.8) is 0 Å². The van der Waals surface area contributed by atoms with Crippen LogP contribution in [0.3, 0.4) is 0 Å². The quantitative estimate of drug-likeness (QED) is 0.629. The van der Waals surface area contributed by atoms with E-state index in [4.69, 9.17) is 4.74 Å². The Morgan fingerprint density at radius 2 is 1.67 bits per heavy atom. The highest BCUT2D eigenvalue weighted by Crippen LogP contribution is 2.31. The Balaban J connectivity index is 4.00. The molecule has 0 bridgehead atoms. The van der Waals surface area contributed by atoms with Gasteiger partial charge in [0.1, 0.15) is 0 Å². The lowest BCUT2D eigenvalue weighted by molar-refractivity contribution is -0.151. The van der Waals surface area contributed by atoms with Crippen LogP contribution < -0.4 is 0 Å². The first-order valence-corrected chi connectivity index (χ1v) is 5.83. The first-order valence-electron chi connectivity index (χ1n) is 5.83. The van der Waals surface area contributed by atoms with Crippen LogP contribution in [0.4, 0.5) is 0 Å². The third-order valence-corrected chi connectivity index (χ3v) is 3.35.